The first-order valence-corrected chi connectivity index (χ1v) is 11.1. The van der Waals surface area contributed by atoms with Crippen LogP contribution >= 0.6 is 11.3 Å². The molecule has 0 aliphatic carbocycles. The van der Waals surface area contributed by atoms with E-state index in [0.717, 1.165) is 0 Å². The highest BCUT2D eigenvalue weighted by atomic mass is 32.2. The molecule has 0 saturated carbocycles. The summed E-state index contributed by atoms with van der Waals surface area (Å²) < 4.78 is 24.5. The van der Waals surface area contributed by atoms with E-state index in [-0.39, 0.29) is 17.7 Å². The molecule has 2 aliphatic rings. The van der Waals surface area contributed by atoms with Crippen LogP contribution in [0, 0.1) is 5.92 Å². The predicted octanol–water partition coefficient (Wildman–Crippen LogP) is 0.0991. The molecular weight excluding hydrogens is 364 g/mol. The number of thiazole rings is 1. The van der Waals surface area contributed by atoms with Gasteiger partial charge >= 0.3 is 0 Å². The van der Waals surface area contributed by atoms with Gasteiger partial charge in [-0.15, -0.1) is 11.3 Å². The summed E-state index contributed by atoms with van der Waals surface area (Å²) in [6.45, 7) is 2.84. The van der Waals surface area contributed by atoms with Gasteiger partial charge in [-0.1, -0.05) is 0 Å². The zero-order valence-electron chi connectivity index (χ0n) is 14.1. The van der Waals surface area contributed by atoms with Crippen molar-refractivity contribution in [3.63, 3.8) is 0 Å². The van der Waals surface area contributed by atoms with Crippen molar-refractivity contribution in [3.8, 4) is 0 Å². The number of sulfonamides is 1. The Morgan fingerprint density at radius 2 is 1.68 bits per heavy atom. The summed E-state index contributed by atoms with van der Waals surface area (Å²) in [5.74, 6) is -0.137. The number of hydrogen-bond donors (Lipinski definition) is 0. The Labute approximate surface area is 151 Å². The molecule has 3 heterocycles. The van der Waals surface area contributed by atoms with Crippen molar-refractivity contribution < 1.29 is 18.0 Å². The number of piperazine rings is 1. The number of nitrogens with zero attached hydrogens (tertiary/aromatic N) is 4. The minimum Gasteiger partial charge on any atom is -0.339 e. The van der Waals surface area contributed by atoms with E-state index >= 15 is 0 Å². The average molecular weight is 386 g/mol. The number of rotatable bonds is 3. The molecule has 2 fully saturated rings. The van der Waals surface area contributed by atoms with Crippen molar-refractivity contribution in [2.45, 2.75) is 12.8 Å². The number of piperidine rings is 1. The van der Waals surface area contributed by atoms with Crippen LogP contribution in [0.15, 0.2) is 10.9 Å². The molecule has 10 heteroatoms. The molecule has 0 unspecified atom stereocenters. The third-order valence-electron chi connectivity index (χ3n) is 4.80. The maximum Gasteiger partial charge on any atom is 0.273 e. The Kier molecular flexibility index (Phi) is 5.40. The van der Waals surface area contributed by atoms with Crippen molar-refractivity contribution in [1.82, 2.24) is 19.1 Å². The maximum atomic E-state index is 12.7. The molecule has 2 aliphatic heterocycles. The number of carbonyl (C=O) groups excluding carboxylic acids is 2. The van der Waals surface area contributed by atoms with Crippen LogP contribution in [0.25, 0.3) is 0 Å². The molecule has 8 nitrogen and oxygen atoms in total. The molecular formula is C15H22N4O4S2. The monoisotopic (exact) mass is 386 g/mol. The molecule has 0 atom stereocenters. The molecule has 0 bridgehead atoms. The zero-order valence-corrected chi connectivity index (χ0v) is 15.8. The van der Waals surface area contributed by atoms with Crippen LogP contribution in [0.4, 0.5) is 0 Å². The van der Waals surface area contributed by atoms with Gasteiger partial charge in [0.2, 0.25) is 15.9 Å². The molecule has 0 aromatic carbocycles. The van der Waals surface area contributed by atoms with Gasteiger partial charge in [0.15, 0.2) is 0 Å². The van der Waals surface area contributed by atoms with Gasteiger partial charge in [0, 0.05) is 50.6 Å². The largest absolute Gasteiger partial charge is 0.339 e. The first kappa shape index (κ1) is 18.3. The van der Waals surface area contributed by atoms with Crippen LogP contribution in [-0.4, -0.2) is 84.8 Å². The molecule has 0 radical (unpaired) electrons. The van der Waals surface area contributed by atoms with Crippen LogP contribution in [0.5, 0.6) is 0 Å². The first-order valence-electron chi connectivity index (χ1n) is 8.27. The van der Waals surface area contributed by atoms with E-state index in [9.17, 15) is 18.0 Å². The predicted molar refractivity (Wildman–Crippen MR) is 93.7 cm³/mol. The minimum absolute atomic E-state index is 0.0777. The minimum atomic E-state index is -3.18. The maximum absolute atomic E-state index is 12.7. The standard InChI is InChI=1S/C15H22N4O4S2/c1-25(22,23)19-4-2-12(3-5-19)14(20)17-6-8-18(9-7-17)15(21)13-10-24-11-16-13/h10-12H,2-9H2,1H3. The van der Waals surface area contributed by atoms with E-state index < -0.39 is 10.0 Å². The highest BCUT2D eigenvalue weighted by molar-refractivity contribution is 7.88. The number of amides is 2. The fourth-order valence-electron chi connectivity index (χ4n) is 3.30. The van der Waals surface area contributed by atoms with Gasteiger partial charge in [0.25, 0.3) is 5.91 Å². The third-order valence-corrected chi connectivity index (χ3v) is 6.69. The Bertz CT molecular complexity index is 719. The summed E-state index contributed by atoms with van der Waals surface area (Å²) in [5, 5.41) is 1.73. The van der Waals surface area contributed by atoms with Gasteiger partial charge in [0.1, 0.15) is 5.69 Å². The summed E-state index contributed by atoms with van der Waals surface area (Å²) >= 11 is 1.39. The van der Waals surface area contributed by atoms with Crippen LogP contribution in [0.1, 0.15) is 23.3 Å². The quantitative estimate of drug-likeness (QED) is 0.735. The Balaban J connectivity index is 1.50. The van der Waals surface area contributed by atoms with Crippen molar-refractivity contribution in [2.24, 2.45) is 5.92 Å². The highest BCUT2D eigenvalue weighted by Gasteiger charge is 2.33. The fourth-order valence-corrected chi connectivity index (χ4v) is 4.70. The lowest BCUT2D eigenvalue weighted by molar-refractivity contribution is -0.138. The van der Waals surface area contributed by atoms with Gasteiger partial charge in [-0.25, -0.2) is 17.7 Å². The third kappa shape index (κ3) is 4.18. The lowest BCUT2D eigenvalue weighted by atomic mass is 9.96. The van der Waals surface area contributed by atoms with Gasteiger partial charge < -0.3 is 9.80 Å². The van der Waals surface area contributed by atoms with Crippen LogP contribution in [0.3, 0.4) is 0 Å². The van der Waals surface area contributed by atoms with E-state index in [1.165, 1.54) is 21.9 Å². The summed E-state index contributed by atoms with van der Waals surface area (Å²) in [4.78, 5) is 32.5. The van der Waals surface area contributed by atoms with E-state index in [2.05, 4.69) is 4.98 Å². The second-order valence-corrected chi connectivity index (χ2v) is 9.13. The fraction of sp³-hybridized carbons (Fsp3) is 0.667. The normalized spacial score (nSPS) is 20.7. The lowest BCUT2D eigenvalue weighted by Gasteiger charge is -2.38. The van der Waals surface area contributed by atoms with Gasteiger partial charge in [-0.05, 0) is 12.8 Å². The van der Waals surface area contributed by atoms with Crippen LogP contribution in [0.2, 0.25) is 0 Å². The molecule has 138 valence electrons. The van der Waals surface area contributed by atoms with Crippen molar-refractivity contribution in [3.05, 3.63) is 16.6 Å². The molecule has 3 rings (SSSR count). The molecule has 0 N–H and O–H groups in total. The van der Waals surface area contributed by atoms with Crippen molar-refractivity contribution >= 4 is 33.2 Å². The summed E-state index contributed by atoms with van der Waals surface area (Å²) in [5.41, 5.74) is 2.09. The molecule has 1 aromatic heterocycles. The van der Waals surface area contributed by atoms with E-state index in [0.29, 0.717) is 57.8 Å². The number of carbonyl (C=O) groups is 2. The molecule has 25 heavy (non-hydrogen) atoms. The lowest BCUT2D eigenvalue weighted by Crippen LogP contribution is -2.53. The highest BCUT2D eigenvalue weighted by Crippen LogP contribution is 2.22. The van der Waals surface area contributed by atoms with Gasteiger partial charge in [-0.2, -0.15) is 0 Å². The second-order valence-electron chi connectivity index (χ2n) is 6.43. The Morgan fingerprint density at radius 1 is 1.08 bits per heavy atom. The summed E-state index contributed by atoms with van der Waals surface area (Å²) in [6.07, 6.45) is 2.32. The molecule has 2 saturated heterocycles. The van der Waals surface area contributed by atoms with Gasteiger partial charge in [0.05, 0.1) is 11.8 Å². The zero-order chi connectivity index (χ0) is 18.0. The number of aromatic nitrogens is 1. The Morgan fingerprint density at radius 3 is 2.20 bits per heavy atom. The van der Waals surface area contributed by atoms with Gasteiger partial charge in [-0.3, -0.25) is 9.59 Å². The smallest absolute Gasteiger partial charge is 0.273 e. The molecule has 2 amide bonds. The average Bonchev–Trinajstić information content (AvgIpc) is 3.14. The Hall–Kier alpha value is -1.52. The van der Waals surface area contributed by atoms with E-state index in [1.54, 1.807) is 20.7 Å². The molecule has 0 spiro atoms. The van der Waals surface area contributed by atoms with E-state index in [4.69, 9.17) is 0 Å². The topological polar surface area (TPSA) is 90.9 Å². The second kappa shape index (κ2) is 7.38. The van der Waals surface area contributed by atoms with E-state index in [1.807, 2.05) is 0 Å². The van der Waals surface area contributed by atoms with Crippen LogP contribution < -0.4 is 0 Å². The summed E-state index contributed by atoms with van der Waals surface area (Å²) in [6, 6.07) is 0. The first-order chi connectivity index (χ1) is 11.9. The SMILES string of the molecule is CS(=O)(=O)N1CCC(C(=O)N2CCN(C(=O)c3cscn3)CC2)CC1. The van der Waals surface area contributed by atoms with Crippen LogP contribution in [-0.2, 0) is 14.8 Å². The van der Waals surface area contributed by atoms with Crippen molar-refractivity contribution in [2.75, 3.05) is 45.5 Å². The van der Waals surface area contributed by atoms with Crippen molar-refractivity contribution in [1.29, 1.82) is 0 Å². The molecule has 1 aromatic rings. The summed E-state index contributed by atoms with van der Waals surface area (Å²) in [7, 11) is -3.18. The number of hydrogen-bond acceptors (Lipinski definition) is 6.